The molecule has 0 atom stereocenters. The highest BCUT2D eigenvalue weighted by Gasteiger charge is 2.18. The molecule has 2 rings (SSSR count). The van der Waals surface area contributed by atoms with Crippen LogP contribution < -0.4 is 9.47 Å². The highest BCUT2D eigenvalue weighted by molar-refractivity contribution is 7.99. The molecule has 1 aliphatic rings. The molecule has 1 aromatic carbocycles. The maximum atomic E-state index is 12.4. The number of benzene rings is 1. The molecule has 22 heavy (non-hydrogen) atoms. The predicted octanol–water partition coefficient (Wildman–Crippen LogP) is 4.85. The number of halogens is 1. The second-order valence-electron chi connectivity index (χ2n) is 5.63. The largest absolute Gasteiger partial charge is 0.496 e. The van der Waals surface area contributed by atoms with Gasteiger partial charge in [-0.25, -0.2) is 0 Å². The Bertz CT molecular complexity index is 513. The minimum atomic E-state index is 0.0626. The molecular weight excluding hydrogens is 320 g/mol. The topological polar surface area (TPSA) is 35.5 Å². The SMILES string of the molecule is COc1cc(C(=O)CSCC2CCCCC2)c(OC)cc1Cl. The van der Waals surface area contributed by atoms with Crippen LogP contribution in [0.5, 0.6) is 11.5 Å². The van der Waals surface area contributed by atoms with Crippen molar-refractivity contribution in [2.75, 3.05) is 25.7 Å². The molecule has 0 radical (unpaired) electrons. The first-order chi connectivity index (χ1) is 10.7. The lowest BCUT2D eigenvalue weighted by Crippen LogP contribution is -2.11. The normalized spacial score (nSPS) is 15.6. The van der Waals surface area contributed by atoms with E-state index in [2.05, 4.69) is 0 Å². The Morgan fingerprint density at radius 1 is 1.18 bits per heavy atom. The average molecular weight is 343 g/mol. The van der Waals surface area contributed by atoms with Crippen LogP contribution in [0.4, 0.5) is 0 Å². The van der Waals surface area contributed by atoms with E-state index in [1.807, 2.05) is 0 Å². The average Bonchev–Trinajstić information content (AvgIpc) is 2.55. The summed E-state index contributed by atoms with van der Waals surface area (Å²) in [5.41, 5.74) is 0.542. The number of carbonyl (C=O) groups is 1. The van der Waals surface area contributed by atoms with Crippen LogP contribution in [0.2, 0.25) is 5.02 Å². The number of ketones is 1. The second kappa shape index (κ2) is 8.68. The number of ether oxygens (including phenoxy) is 2. The lowest BCUT2D eigenvalue weighted by Gasteiger charge is -2.20. The van der Waals surface area contributed by atoms with Gasteiger partial charge in [0.2, 0.25) is 0 Å². The highest BCUT2D eigenvalue weighted by atomic mass is 35.5. The summed E-state index contributed by atoms with van der Waals surface area (Å²) in [5, 5.41) is 0.450. The summed E-state index contributed by atoms with van der Waals surface area (Å²) < 4.78 is 10.5. The van der Waals surface area contributed by atoms with Gasteiger partial charge in [0.1, 0.15) is 11.5 Å². The lowest BCUT2D eigenvalue weighted by molar-refractivity contribution is 0.101. The van der Waals surface area contributed by atoms with Gasteiger partial charge in [0.25, 0.3) is 0 Å². The van der Waals surface area contributed by atoms with Crippen molar-refractivity contribution in [3.05, 3.63) is 22.7 Å². The lowest BCUT2D eigenvalue weighted by atomic mass is 9.91. The van der Waals surface area contributed by atoms with Gasteiger partial charge in [0, 0.05) is 6.07 Å². The molecule has 1 fully saturated rings. The third-order valence-corrected chi connectivity index (χ3v) is 5.55. The first kappa shape index (κ1) is 17.5. The molecule has 0 aliphatic heterocycles. The third kappa shape index (κ3) is 4.56. The van der Waals surface area contributed by atoms with Gasteiger partial charge in [0.05, 0.1) is 30.6 Å². The molecule has 0 unspecified atom stereocenters. The zero-order valence-electron chi connectivity index (χ0n) is 13.2. The summed E-state index contributed by atoms with van der Waals surface area (Å²) in [6.07, 6.45) is 6.64. The van der Waals surface area contributed by atoms with Gasteiger partial charge in [-0.15, -0.1) is 0 Å². The van der Waals surface area contributed by atoms with E-state index in [1.165, 1.54) is 32.1 Å². The van der Waals surface area contributed by atoms with Crippen molar-refractivity contribution in [3.8, 4) is 11.5 Å². The molecule has 0 saturated heterocycles. The summed E-state index contributed by atoms with van der Waals surface area (Å²) in [6.45, 7) is 0. The maximum absolute atomic E-state index is 12.4. The van der Waals surface area contributed by atoms with Crippen molar-refractivity contribution in [3.63, 3.8) is 0 Å². The van der Waals surface area contributed by atoms with E-state index in [1.54, 1.807) is 38.1 Å². The number of hydrogen-bond donors (Lipinski definition) is 0. The first-order valence-electron chi connectivity index (χ1n) is 7.68. The Labute approximate surface area is 141 Å². The van der Waals surface area contributed by atoms with Gasteiger partial charge in [-0.2, -0.15) is 11.8 Å². The number of hydrogen-bond acceptors (Lipinski definition) is 4. The molecule has 0 N–H and O–H groups in total. The second-order valence-corrected chi connectivity index (χ2v) is 7.07. The summed E-state index contributed by atoms with van der Waals surface area (Å²) in [7, 11) is 3.09. The quantitative estimate of drug-likeness (QED) is 0.663. The first-order valence-corrected chi connectivity index (χ1v) is 9.21. The van der Waals surface area contributed by atoms with Crippen molar-refractivity contribution in [2.24, 2.45) is 5.92 Å². The summed E-state index contributed by atoms with van der Waals surface area (Å²) in [4.78, 5) is 12.4. The number of carbonyl (C=O) groups excluding carboxylic acids is 1. The molecule has 0 aromatic heterocycles. The van der Waals surface area contributed by atoms with E-state index >= 15 is 0 Å². The number of methoxy groups -OCH3 is 2. The minimum Gasteiger partial charge on any atom is -0.496 e. The molecule has 1 aromatic rings. The van der Waals surface area contributed by atoms with E-state index in [0.29, 0.717) is 27.8 Å². The van der Waals surface area contributed by atoms with E-state index < -0.39 is 0 Å². The molecule has 3 nitrogen and oxygen atoms in total. The third-order valence-electron chi connectivity index (χ3n) is 4.09. The maximum Gasteiger partial charge on any atom is 0.176 e. The van der Waals surface area contributed by atoms with Crippen LogP contribution in [-0.4, -0.2) is 31.5 Å². The Kier molecular flexibility index (Phi) is 6.90. The fourth-order valence-corrected chi connectivity index (χ4v) is 4.18. The zero-order valence-corrected chi connectivity index (χ0v) is 14.8. The Hall–Kier alpha value is -0.870. The van der Waals surface area contributed by atoms with Crippen LogP contribution in [0.3, 0.4) is 0 Å². The zero-order chi connectivity index (χ0) is 15.9. The molecular formula is C17H23ClO3S. The van der Waals surface area contributed by atoms with Crippen LogP contribution in [0.1, 0.15) is 42.5 Å². The van der Waals surface area contributed by atoms with Gasteiger partial charge in [0.15, 0.2) is 5.78 Å². The predicted molar refractivity (Wildman–Crippen MR) is 92.8 cm³/mol. The Balaban J connectivity index is 1.96. The summed E-state index contributed by atoms with van der Waals surface area (Å²) in [5.74, 6) is 3.38. The van der Waals surface area contributed by atoms with Crippen molar-refractivity contribution >= 4 is 29.1 Å². The van der Waals surface area contributed by atoms with E-state index in [-0.39, 0.29) is 5.78 Å². The summed E-state index contributed by atoms with van der Waals surface area (Å²) >= 11 is 7.79. The van der Waals surface area contributed by atoms with Gasteiger partial charge in [-0.1, -0.05) is 30.9 Å². The van der Waals surface area contributed by atoms with E-state index in [0.717, 1.165) is 11.7 Å². The fourth-order valence-electron chi connectivity index (χ4n) is 2.83. The molecule has 0 amide bonds. The smallest absolute Gasteiger partial charge is 0.176 e. The van der Waals surface area contributed by atoms with Gasteiger partial charge >= 0.3 is 0 Å². The molecule has 0 heterocycles. The van der Waals surface area contributed by atoms with Crippen molar-refractivity contribution in [1.29, 1.82) is 0 Å². The molecule has 5 heteroatoms. The highest BCUT2D eigenvalue weighted by Crippen LogP contribution is 2.33. The van der Waals surface area contributed by atoms with Crippen molar-refractivity contribution in [1.82, 2.24) is 0 Å². The fraction of sp³-hybridized carbons (Fsp3) is 0.588. The number of thioether (sulfide) groups is 1. The number of Topliss-reactive ketones (excluding diaryl/α,β-unsaturated/α-hetero) is 1. The summed E-state index contributed by atoms with van der Waals surface area (Å²) in [6, 6.07) is 3.31. The monoisotopic (exact) mass is 342 g/mol. The Morgan fingerprint density at radius 3 is 2.50 bits per heavy atom. The molecule has 1 aliphatic carbocycles. The molecule has 1 saturated carbocycles. The minimum absolute atomic E-state index is 0.0626. The Morgan fingerprint density at radius 2 is 1.86 bits per heavy atom. The molecule has 0 spiro atoms. The molecule has 0 bridgehead atoms. The van der Waals surface area contributed by atoms with Crippen molar-refractivity contribution < 1.29 is 14.3 Å². The van der Waals surface area contributed by atoms with Gasteiger partial charge in [-0.05, 0) is 30.6 Å². The van der Waals surface area contributed by atoms with Crippen LogP contribution in [0.15, 0.2) is 12.1 Å². The van der Waals surface area contributed by atoms with E-state index in [4.69, 9.17) is 21.1 Å². The van der Waals surface area contributed by atoms with Gasteiger partial charge < -0.3 is 9.47 Å². The number of rotatable bonds is 7. The standard InChI is InChI=1S/C17H23ClO3S/c1-20-16-9-14(18)17(21-2)8-13(16)15(19)11-22-10-12-6-4-3-5-7-12/h8-9,12H,3-7,10-11H2,1-2H3. The van der Waals surface area contributed by atoms with E-state index in [9.17, 15) is 4.79 Å². The van der Waals surface area contributed by atoms with Crippen LogP contribution in [-0.2, 0) is 0 Å². The molecule has 122 valence electrons. The van der Waals surface area contributed by atoms with Crippen molar-refractivity contribution in [2.45, 2.75) is 32.1 Å². The van der Waals surface area contributed by atoms with Crippen LogP contribution >= 0.6 is 23.4 Å². The van der Waals surface area contributed by atoms with Crippen LogP contribution in [0.25, 0.3) is 0 Å². The van der Waals surface area contributed by atoms with Crippen LogP contribution in [0, 0.1) is 5.92 Å². The van der Waals surface area contributed by atoms with Gasteiger partial charge in [-0.3, -0.25) is 4.79 Å².